The van der Waals surface area contributed by atoms with Gasteiger partial charge in [0.15, 0.2) is 0 Å². The number of ether oxygens (including phenoxy) is 1. The minimum atomic E-state index is -0.396. The van der Waals surface area contributed by atoms with Gasteiger partial charge < -0.3 is 15.4 Å². The molecular formula is C21H18ClN3O3. The van der Waals surface area contributed by atoms with Gasteiger partial charge in [-0.2, -0.15) is 0 Å². The third-order valence-electron chi connectivity index (χ3n) is 3.96. The van der Waals surface area contributed by atoms with Crippen LogP contribution in [-0.4, -0.2) is 24.0 Å². The summed E-state index contributed by atoms with van der Waals surface area (Å²) >= 11 is 5.86. The predicted octanol–water partition coefficient (Wildman–Crippen LogP) is 4.20. The number of pyridine rings is 1. The molecular weight excluding hydrogens is 378 g/mol. The molecule has 0 bridgehead atoms. The topological polar surface area (TPSA) is 80.3 Å². The molecule has 0 aliphatic heterocycles. The summed E-state index contributed by atoms with van der Waals surface area (Å²) in [6.07, 6.45) is 3.12. The third-order valence-corrected chi connectivity index (χ3v) is 4.21. The van der Waals surface area contributed by atoms with E-state index in [-0.39, 0.29) is 5.91 Å². The first-order valence-electron chi connectivity index (χ1n) is 8.48. The molecule has 0 saturated carbocycles. The Hall–Kier alpha value is -3.38. The summed E-state index contributed by atoms with van der Waals surface area (Å²) in [6.45, 7) is 0.392. The highest BCUT2D eigenvalue weighted by Crippen LogP contribution is 2.18. The molecule has 0 unspecified atom stereocenters. The molecule has 0 aliphatic rings. The van der Waals surface area contributed by atoms with Crippen LogP contribution in [0.2, 0.25) is 5.02 Å². The number of halogens is 1. The monoisotopic (exact) mass is 395 g/mol. The number of methoxy groups -OCH3 is 1. The number of nitrogens with zero attached hydrogens (tertiary/aromatic N) is 1. The van der Waals surface area contributed by atoms with Crippen molar-refractivity contribution < 1.29 is 14.3 Å². The molecule has 28 heavy (non-hydrogen) atoms. The van der Waals surface area contributed by atoms with Crippen molar-refractivity contribution >= 4 is 34.9 Å². The maximum Gasteiger partial charge on any atom is 0.337 e. The van der Waals surface area contributed by atoms with Crippen molar-refractivity contribution in [1.82, 2.24) is 10.3 Å². The number of aromatic nitrogens is 1. The maximum atomic E-state index is 12.4. The van der Waals surface area contributed by atoms with E-state index in [1.54, 1.807) is 48.7 Å². The highest BCUT2D eigenvalue weighted by molar-refractivity contribution is 6.30. The summed E-state index contributed by atoms with van der Waals surface area (Å²) in [5.74, 6) is -0.625. The Kier molecular flexibility index (Phi) is 6.24. The van der Waals surface area contributed by atoms with Crippen LogP contribution >= 0.6 is 11.6 Å². The number of carbonyl (C=O) groups is 2. The molecule has 3 rings (SSSR count). The van der Waals surface area contributed by atoms with Gasteiger partial charge in [-0.25, -0.2) is 4.79 Å². The molecule has 2 aromatic carbocycles. The Morgan fingerprint density at radius 1 is 0.964 bits per heavy atom. The molecule has 0 fully saturated rings. The molecule has 1 amide bonds. The Bertz CT molecular complexity index is 973. The van der Waals surface area contributed by atoms with E-state index in [1.807, 2.05) is 12.1 Å². The van der Waals surface area contributed by atoms with E-state index in [2.05, 4.69) is 20.4 Å². The van der Waals surface area contributed by atoms with Crippen LogP contribution in [0, 0.1) is 0 Å². The Labute approximate surface area is 167 Å². The van der Waals surface area contributed by atoms with Gasteiger partial charge in [0.2, 0.25) is 0 Å². The summed E-state index contributed by atoms with van der Waals surface area (Å²) < 4.78 is 4.68. The second-order valence-electron chi connectivity index (χ2n) is 5.97. The quantitative estimate of drug-likeness (QED) is 0.611. The minimum absolute atomic E-state index is 0.230. The highest BCUT2D eigenvalue weighted by atomic mass is 35.5. The lowest BCUT2D eigenvalue weighted by atomic mass is 10.2. The number of anilines is 2. The van der Waals surface area contributed by atoms with E-state index in [0.717, 1.165) is 11.3 Å². The molecule has 142 valence electrons. The third kappa shape index (κ3) is 5.08. The summed E-state index contributed by atoms with van der Waals surface area (Å²) in [5, 5.41) is 6.66. The van der Waals surface area contributed by atoms with Crippen molar-refractivity contribution in [2.24, 2.45) is 0 Å². The summed E-state index contributed by atoms with van der Waals surface area (Å²) in [6, 6.07) is 15.8. The molecule has 0 spiro atoms. The van der Waals surface area contributed by atoms with Gasteiger partial charge in [0.25, 0.3) is 5.91 Å². The van der Waals surface area contributed by atoms with Gasteiger partial charge in [0, 0.05) is 23.5 Å². The average molecular weight is 396 g/mol. The SMILES string of the molecule is COC(=O)c1ccc(Nc2cncc(C(=O)NCc3ccc(Cl)cc3)c2)cc1. The van der Waals surface area contributed by atoms with Gasteiger partial charge in [-0.3, -0.25) is 9.78 Å². The lowest BCUT2D eigenvalue weighted by molar-refractivity contribution is 0.0600. The lowest BCUT2D eigenvalue weighted by Crippen LogP contribution is -2.23. The van der Waals surface area contributed by atoms with Crippen molar-refractivity contribution in [2.75, 3.05) is 12.4 Å². The second kappa shape index (κ2) is 9.01. The van der Waals surface area contributed by atoms with Crippen LogP contribution in [0.4, 0.5) is 11.4 Å². The first kappa shape index (κ1) is 19.4. The summed E-state index contributed by atoms with van der Waals surface area (Å²) in [5.41, 5.74) is 3.26. The highest BCUT2D eigenvalue weighted by Gasteiger charge is 2.08. The number of benzene rings is 2. The first-order valence-corrected chi connectivity index (χ1v) is 8.86. The fourth-order valence-corrected chi connectivity index (χ4v) is 2.62. The maximum absolute atomic E-state index is 12.4. The van der Waals surface area contributed by atoms with Crippen molar-refractivity contribution in [3.63, 3.8) is 0 Å². The Balaban J connectivity index is 1.63. The molecule has 0 radical (unpaired) electrons. The van der Waals surface area contributed by atoms with Crippen LogP contribution in [0.5, 0.6) is 0 Å². The number of hydrogen-bond acceptors (Lipinski definition) is 5. The normalized spacial score (nSPS) is 10.2. The van der Waals surface area contributed by atoms with E-state index in [1.165, 1.54) is 13.3 Å². The molecule has 7 heteroatoms. The molecule has 3 aromatic rings. The van der Waals surface area contributed by atoms with Gasteiger partial charge in [0.1, 0.15) is 0 Å². The van der Waals surface area contributed by atoms with E-state index >= 15 is 0 Å². The number of hydrogen-bond donors (Lipinski definition) is 2. The fourth-order valence-electron chi connectivity index (χ4n) is 2.49. The largest absolute Gasteiger partial charge is 0.465 e. The molecule has 6 nitrogen and oxygen atoms in total. The van der Waals surface area contributed by atoms with Crippen molar-refractivity contribution in [1.29, 1.82) is 0 Å². The average Bonchev–Trinajstić information content (AvgIpc) is 2.73. The van der Waals surface area contributed by atoms with Crippen LogP contribution in [0.3, 0.4) is 0 Å². The van der Waals surface area contributed by atoms with E-state index in [4.69, 9.17) is 11.6 Å². The number of nitrogens with one attached hydrogen (secondary N) is 2. The van der Waals surface area contributed by atoms with Gasteiger partial charge in [-0.1, -0.05) is 23.7 Å². The van der Waals surface area contributed by atoms with E-state index in [0.29, 0.717) is 28.4 Å². The molecule has 0 saturated heterocycles. The summed E-state index contributed by atoms with van der Waals surface area (Å²) in [7, 11) is 1.34. The zero-order chi connectivity index (χ0) is 19.9. The number of rotatable bonds is 6. The van der Waals surface area contributed by atoms with Gasteiger partial charge >= 0.3 is 5.97 Å². The molecule has 1 heterocycles. The Morgan fingerprint density at radius 2 is 1.68 bits per heavy atom. The molecule has 1 aromatic heterocycles. The van der Waals surface area contributed by atoms with Crippen LogP contribution in [0.15, 0.2) is 67.0 Å². The number of carbonyl (C=O) groups excluding carboxylic acids is 2. The van der Waals surface area contributed by atoms with Crippen molar-refractivity contribution in [3.8, 4) is 0 Å². The number of esters is 1. The van der Waals surface area contributed by atoms with Crippen LogP contribution in [0.25, 0.3) is 0 Å². The zero-order valence-corrected chi connectivity index (χ0v) is 15.9. The number of amides is 1. The predicted molar refractivity (Wildman–Crippen MR) is 108 cm³/mol. The van der Waals surface area contributed by atoms with E-state index in [9.17, 15) is 9.59 Å². The zero-order valence-electron chi connectivity index (χ0n) is 15.1. The van der Waals surface area contributed by atoms with Gasteiger partial charge in [-0.05, 0) is 48.0 Å². The summed E-state index contributed by atoms with van der Waals surface area (Å²) in [4.78, 5) is 28.0. The molecule has 0 atom stereocenters. The van der Waals surface area contributed by atoms with Crippen LogP contribution < -0.4 is 10.6 Å². The lowest BCUT2D eigenvalue weighted by Gasteiger charge is -2.09. The smallest absolute Gasteiger partial charge is 0.337 e. The van der Waals surface area contributed by atoms with E-state index < -0.39 is 5.97 Å². The van der Waals surface area contributed by atoms with Crippen molar-refractivity contribution in [3.05, 3.63) is 88.7 Å². The minimum Gasteiger partial charge on any atom is -0.465 e. The van der Waals surface area contributed by atoms with Crippen molar-refractivity contribution in [2.45, 2.75) is 6.54 Å². The second-order valence-corrected chi connectivity index (χ2v) is 6.40. The van der Waals surface area contributed by atoms with Gasteiger partial charge in [-0.15, -0.1) is 0 Å². The standard InChI is InChI=1S/C21H18ClN3O3/c1-28-21(27)15-4-8-18(9-5-15)25-19-10-16(12-23-13-19)20(26)24-11-14-2-6-17(22)7-3-14/h2-10,12-13,25H,11H2,1H3,(H,24,26). The molecule has 0 aliphatic carbocycles. The van der Waals surface area contributed by atoms with Crippen LogP contribution in [0.1, 0.15) is 26.3 Å². The van der Waals surface area contributed by atoms with Gasteiger partial charge in [0.05, 0.1) is 30.1 Å². The Morgan fingerprint density at radius 3 is 2.36 bits per heavy atom. The molecule has 2 N–H and O–H groups in total. The van der Waals surface area contributed by atoms with Crippen LogP contribution in [-0.2, 0) is 11.3 Å². The fraction of sp³-hybridized carbons (Fsp3) is 0.0952. The first-order chi connectivity index (χ1) is 13.5.